The van der Waals surface area contributed by atoms with Crippen molar-refractivity contribution in [1.82, 2.24) is 5.32 Å². The highest BCUT2D eigenvalue weighted by Crippen LogP contribution is 2.36. The lowest BCUT2D eigenvalue weighted by atomic mass is 9.82. The molecule has 0 fully saturated rings. The lowest BCUT2D eigenvalue weighted by Gasteiger charge is -2.27. The zero-order valence-corrected chi connectivity index (χ0v) is 12.0. The minimum atomic E-state index is -0.622. The number of rotatable bonds is 6. The summed E-state index contributed by atoms with van der Waals surface area (Å²) in [6.07, 6.45) is 0. The topological polar surface area (TPSA) is 98.3 Å². The largest absolute Gasteiger partial charge is 0.317 e. The van der Waals surface area contributed by atoms with Gasteiger partial charge >= 0.3 is 0 Å². The summed E-state index contributed by atoms with van der Waals surface area (Å²) in [6, 6.07) is 3.87. The van der Waals surface area contributed by atoms with E-state index in [9.17, 15) is 20.2 Å². The second kappa shape index (κ2) is 6.42. The quantitative estimate of drug-likeness (QED) is 0.638. The van der Waals surface area contributed by atoms with Crippen LogP contribution in [-0.4, -0.2) is 22.9 Å². The first-order chi connectivity index (χ1) is 9.29. The van der Waals surface area contributed by atoms with Gasteiger partial charge in [-0.15, -0.1) is 0 Å². The van der Waals surface area contributed by atoms with Crippen LogP contribution in [0.1, 0.15) is 32.3 Å². The van der Waals surface area contributed by atoms with Crippen LogP contribution in [0.5, 0.6) is 0 Å². The number of hydrogen-bond acceptors (Lipinski definition) is 5. The van der Waals surface area contributed by atoms with E-state index in [1.165, 1.54) is 12.1 Å². The molecule has 2 unspecified atom stereocenters. The number of hydrogen-bond donors (Lipinski definition) is 1. The number of benzene rings is 1. The summed E-state index contributed by atoms with van der Waals surface area (Å²) in [7, 11) is 1.79. The van der Waals surface area contributed by atoms with E-state index in [4.69, 9.17) is 0 Å². The van der Waals surface area contributed by atoms with Gasteiger partial charge in [-0.25, -0.2) is 0 Å². The highest BCUT2D eigenvalue weighted by molar-refractivity contribution is 5.51. The molecular weight excluding hydrogens is 262 g/mol. The average molecular weight is 281 g/mol. The van der Waals surface area contributed by atoms with Gasteiger partial charge < -0.3 is 5.32 Å². The molecule has 0 heterocycles. The van der Waals surface area contributed by atoms with Gasteiger partial charge in [-0.2, -0.15) is 0 Å². The van der Waals surface area contributed by atoms with Crippen LogP contribution in [0, 0.1) is 26.1 Å². The predicted octanol–water partition coefficient (Wildman–Crippen LogP) is 2.85. The van der Waals surface area contributed by atoms with Crippen LogP contribution in [0.4, 0.5) is 11.4 Å². The van der Waals surface area contributed by atoms with Crippen LogP contribution in [0.3, 0.4) is 0 Å². The van der Waals surface area contributed by atoms with E-state index in [0.29, 0.717) is 5.56 Å². The molecule has 7 nitrogen and oxygen atoms in total. The number of non-ortho nitro benzene ring substituents is 1. The summed E-state index contributed by atoms with van der Waals surface area (Å²) in [6.45, 7) is 5.89. The van der Waals surface area contributed by atoms with E-state index in [0.717, 1.165) is 6.07 Å². The van der Waals surface area contributed by atoms with Crippen molar-refractivity contribution in [3.8, 4) is 0 Å². The second-order valence-corrected chi connectivity index (χ2v) is 5.10. The zero-order chi connectivity index (χ0) is 15.4. The third-order valence-electron chi connectivity index (χ3n) is 3.49. The van der Waals surface area contributed by atoms with Gasteiger partial charge in [0.2, 0.25) is 0 Å². The second-order valence-electron chi connectivity index (χ2n) is 5.10. The maximum Gasteiger partial charge on any atom is 0.279 e. The Morgan fingerprint density at radius 2 is 1.70 bits per heavy atom. The van der Waals surface area contributed by atoms with Gasteiger partial charge in [-0.3, -0.25) is 20.2 Å². The molecule has 7 heteroatoms. The van der Waals surface area contributed by atoms with Gasteiger partial charge in [0, 0.05) is 23.6 Å². The molecule has 0 radical (unpaired) electrons. The van der Waals surface area contributed by atoms with Crippen molar-refractivity contribution in [2.45, 2.75) is 32.7 Å². The summed E-state index contributed by atoms with van der Waals surface area (Å²) >= 11 is 0. The molecule has 1 rings (SSSR count). The highest BCUT2D eigenvalue weighted by atomic mass is 16.6. The molecule has 0 aliphatic rings. The van der Waals surface area contributed by atoms with Gasteiger partial charge in [0.15, 0.2) is 0 Å². The first-order valence-electron chi connectivity index (χ1n) is 6.39. The summed E-state index contributed by atoms with van der Waals surface area (Å²) in [5.74, 6) is 0.0683. The Labute approximate surface area is 117 Å². The molecule has 0 saturated carbocycles. The number of nitrogens with one attached hydrogen (secondary N) is 1. The highest BCUT2D eigenvalue weighted by Gasteiger charge is 2.30. The lowest BCUT2D eigenvalue weighted by Crippen LogP contribution is -2.32. The molecular formula is C13H19N3O4. The molecule has 0 aliphatic heterocycles. The Balaban J connectivity index is 3.41. The number of likely N-dealkylation sites (N-methyl/N-ethyl adjacent to an activating group) is 1. The van der Waals surface area contributed by atoms with Crippen LogP contribution in [-0.2, 0) is 0 Å². The molecule has 110 valence electrons. The molecule has 0 saturated heterocycles. The molecule has 2 atom stereocenters. The Morgan fingerprint density at radius 3 is 2.10 bits per heavy atom. The van der Waals surface area contributed by atoms with E-state index < -0.39 is 9.85 Å². The number of nitrogens with zero attached hydrogens (tertiary/aromatic N) is 2. The fraction of sp³-hybridized carbons (Fsp3) is 0.538. The third kappa shape index (κ3) is 3.30. The maximum absolute atomic E-state index is 11.2. The smallest absolute Gasteiger partial charge is 0.279 e. The van der Waals surface area contributed by atoms with Crippen molar-refractivity contribution in [2.24, 2.45) is 5.92 Å². The van der Waals surface area contributed by atoms with Crippen LogP contribution < -0.4 is 5.32 Å². The molecule has 0 bridgehead atoms. The van der Waals surface area contributed by atoms with Crippen molar-refractivity contribution in [1.29, 1.82) is 0 Å². The fourth-order valence-electron chi connectivity index (χ4n) is 2.47. The number of nitro benzene ring substituents is 2. The Kier molecular flexibility index (Phi) is 5.15. The minimum Gasteiger partial charge on any atom is -0.317 e. The van der Waals surface area contributed by atoms with E-state index in [-0.39, 0.29) is 29.3 Å². The van der Waals surface area contributed by atoms with Crippen molar-refractivity contribution in [2.75, 3.05) is 7.05 Å². The molecule has 0 aliphatic carbocycles. The van der Waals surface area contributed by atoms with Crippen molar-refractivity contribution >= 4 is 11.4 Å². The molecule has 0 aromatic heterocycles. The summed E-state index contributed by atoms with van der Waals surface area (Å²) in [5.41, 5.74) is 0.0671. The maximum atomic E-state index is 11.2. The summed E-state index contributed by atoms with van der Waals surface area (Å²) in [4.78, 5) is 20.8. The van der Waals surface area contributed by atoms with Gasteiger partial charge in [0.25, 0.3) is 11.4 Å². The van der Waals surface area contributed by atoms with Crippen LogP contribution in [0.15, 0.2) is 18.2 Å². The van der Waals surface area contributed by atoms with Crippen LogP contribution >= 0.6 is 0 Å². The van der Waals surface area contributed by atoms with Gasteiger partial charge in [-0.1, -0.05) is 13.8 Å². The Bertz CT molecular complexity index is 516. The van der Waals surface area contributed by atoms with Gasteiger partial charge in [0.05, 0.1) is 15.9 Å². The third-order valence-corrected chi connectivity index (χ3v) is 3.49. The summed E-state index contributed by atoms with van der Waals surface area (Å²) in [5, 5.41) is 25.0. The molecule has 1 aromatic carbocycles. The zero-order valence-electron chi connectivity index (χ0n) is 12.0. The molecule has 1 aromatic rings. The predicted molar refractivity (Wildman–Crippen MR) is 75.9 cm³/mol. The van der Waals surface area contributed by atoms with E-state index >= 15 is 0 Å². The van der Waals surface area contributed by atoms with E-state index in [1.807, 2.05) is 20.8 Å². The van der Waals surface area contributed by atoms with E-state index in [1.54, 1.807) is 7.05 Å². The van der Waals surface area contributed by atoms with E-state index in [2.05, 4.69) is 5.32 Å². The molecule has 0 amide bonds. The Morgan fingerprint density at radius 1 is 1.10 bits per heavy atom. The molecule has 1 N–H and O–H groups in total. The van der Waals surface area contributed by atoms with Crippen LogP contribution in [0.25, 0.3) is 0 Å². The monoisotopic (exact) mass is 281 g/mol. The Hall–Kier alpha value is -2.02. The van der Waals surface area contributed by atoms with Crippen molar-refractivity contribution < 1.29 is 9.85 Å². The first-order valence-corrected chi connectivity index (χ1v) is 6.39. The first kappa shape index (κ1) is 16.0. The van der Waals surface area contributed by atoms with Crippen molar-refractivity contribution in [3.63, 3.8) is 0 Å². The lowest BCUT2D eigenvalue weighted by molar-refractivity contribution is -0.394. The standard InChI is InChI=1S/C13H19N3O4/c1-8(2)13(9(3)14-4)11-6-5-10(15(17)18)7-12(11)16(19)20/h5-9,13-14H,1-4H3. The fourth-order valence-corrected chi connectivity index (χ4v) is 2.47. The van der Waals surface area contributed by atoms with Crippen molar-refractivity contribution in [3.05, 3.63) is 44.0 Å². The normalized spacial score (nSPS) is 14.1. The van der Waals surface area contributed by atoms with Gasteiger partial charge in [0.1, 0.15) is 0 Å². The van der Waals surface area contributed by atoms with Crippen LogP contribution in [0.2, 0.25) is 0 Å². The molecule has 20 heavy (non-hydrogen) atoms. The summed E-state index contributed by atoms with van der Waals surface area (Å²) < 4.78 is 0. The number of nitro groups is 2. The van der Waals surface area contributed by atoms with Gasteiger partial charge in [-0.05, 0) is 26.0 Å². The average Bonchev–Trinajstić information content (AvgIpc) is 2.38. The minimum absolute atomic E-state index is 0.0233. The SMILES string of the molecule is CNC(C)C(c1ccc([N+](=O)[O-])cc1[N+](=O)[O-])C(C)C. The molecule has 0 spiro atoms.